The number of rotatable bonds is 7. The normalized spacial score (nSPS) is 16.0. The highest BCUT2D eigenvalue weighted by atomic mass is 32.2. The van der Waals surface area contributed by atoms with E-state index in [4.69, 9.17) is 4.74 Å². The molecule has 1 saturated heterocycles. The molecular formula is C26H25N3O5S. The number of ether oxygens (including phenoxy) is 1. The fourth-order valence-corrected chi connectivity index (χ4v) is 5.04. The second-order valence-corrected chi connectivity index (χ2v) is 8.83. The predicted molar refractivity (Wildman–Crippen MR) is 137 cm³/mol. The van der Waals surface area contributed by atoms with Crippen LogP contribution in [0.2, 0.25) is 0 Å². The lowest BCUT2D eigenvalue weighted by Gasteiger charge is -2.12. The van der Waals surface area contributed by atoms with E-state index in [0.717, 1.165) is 22.2 Å². The molecular weight excluding hydrogens is 466 g/mol. The number of carboxylic acids is 1. The molecule has 9 heteroatoms. The summed E-state index contributed by atoms with van der Waals surface area (Å²) in [6.45, 7) is 6.36. The summed E-state index contributed by atoms with van der Waals surface area (Å²) in [5.41, 5.74) is 3.17. The number of carbonyl (C=O) groups is 3. The summed E-state index contributed by atoms with van der Waals surface area (Å²) >= 11 is 1.24. The molecule has 1 amide bonds. The first-order valence-corrected chi connectivity index (χ1v) is 12.0. The zero-order valence-corrected chi connectivity index (χ0v) is 20.5. The van der Waals surface area contributed by atoms with Crippen LogP contribution in [-0.4, -0.2) is 50.7 Å². The molecule has 1 aromatic heterocycles. The lowest BCUT2D eigenvalue weighted by Crippen LogP contribution is -2.28. The fourth-order valence-electron chi connectivity index (χ4n) is 4.00. The van der Waals surface area contributed by atoms with Crippen LogP contribution < -0.4 is 0 Å². The van der Waals surface area contributed by atoms with Crippen molar-refractivity contribution in [2.75, 3.05) is 13.2 Å². The van der Waals surface area contributed by atoms with Crippen molar-refractivity contribution in [1.82, 2.24) is 9.47 Å². The Kier molecular flexibility index (Phi) is 7.07. The van der Waals surface area contributed by atoms with E-state index in [1.807, 2.05) is 48.8 Å². The summed E-state index contributed by atoms with van der Waals surface area (Å²) in [5, 5.41) is 10.7. The minimum atomic E-state index is -1.04. The summed E-state index contributed by atoms with van der Waals surface area (Å²) < 4.78 is 7.04. The van der Waals surface area contributed by atoms with Gasteiger partial charge in [0, 0.05) is 28.7 Å². The molecule has 2 aromatic carbocycles. The number of amides is 1. The number of aliphatic imine (C=N–C) groups is 1. The van der Waals surface area contributed by atoms with Crippen LogP contribution >= 0.6 is 11.8 Å². The summed E-state index contributed by atoms with van der Waals surface area (Å²) in [6, 6.07) is 14.0. The first-order chi connectivity index (χ1) is 16.8. The Morgan fingerprint density at radius 1 is 1.14 bits per heavy atom. The number of fused-ring (bicyclic) bond motifs is 1. The van der Waals surface area contributed by atoms with Gasteiger partial charge in [-0.05, 0) is 62.9 Å². The second kappa shape index (κ2) is 10.2. The Bertz CT molecular complexity index is 1390. The van der Waals surface area contributed by atoms with E-state index in [-0.39, 0.29) is 24.0 Å². The third kappa shape index (κ3) is 4.85. The molecule has 0 unspecified atom stereocenters. The summed E-state index contributed by atoms with van der Waals surface area (Å²) in [5.74, 6) is -1.53. The number of aromatic carboxylic acids is 1. The van der Waals surface area contributed by atoms with Crippen molar-refractivity contribution in [2.45, 2.75) is 27.3 Å². The Hall–Kier alpha value is -3.85. The minimum absolute atomic E-state index is 0.0815. The van der Waals surface area contributed by atoms with Crippen LogP contribution in [-0.2, 0) is 20.9 Å². The number of nitrogens with zero attached hydrogens (tertiary/aromatic N) is 3. The smallest absolute Gasteiger partial charge is 0.335 e. The lowest BCUT2D eigenvalue weighted by atomic mass is 10.1. The zero-order chi connectivity index (χ0) is 25.1. The largest absolute Gasteiger partial charge is 0.478 e. The molecule has 0 radical (unpaired) electrons. The third-order valence-electron chi connectivity index (χ3n) is 5.67. The maximum absolute atomic E-state index is 13.2. The molecule has 180 valence electrons. The van der Waals surface area contributed by atoms with Crippen molar-refractivity contribution in [2.24, 2.45) is 4.99 Å². The molecule has 0 aliphatic carbocycles. The Labute approximate surface area is 206 Å². The quantitative estimate of drug-likeness (QED) is 0.375. The number of esters is 1. The molecule has 0 bridgehead atoms. The van der Waals surface area contributed by atoms with Crippen LogP contribution in [0.3, 0.4) is 0 Å². The number of hydrogen-bond acceptors (Lipinski definition) is 6. The number of carbonyl (C=O) groups excluding carboxylic acids is 2. The second-order valence-electron chi connectivity index (χ2n) is 7.82. The van der Waals surface area contributed by atoms with Crippen LogP contribution in [0.4, 0.5) is 5.69 Å². The molecule has 0 spiro atoms. The van der Waals surface area contributed by atoms with Gasteiger partial charge in [0.1, 0.15) is 6.54 Å². The fraction of sp³-hybridized carbons (Fsp3) is 0.231. The Morgan fingerprint density at radius 2 is 1.91 bits per heavy atom. The molecule has 3 aromatic rings. The molecule has 35 heavy (non-hydrogen) atoms. The highest BCUT2D eigenvalue weighted by molar-refractivity contribution is 8.18. The van der Waals surface area contributed by atoms with Crippen LogP contribution in [0, 0.1) is 6.92 Å². The van der Waals surface area contributed by atoms with E-state index >= 15 is 0 Å². The molecule has 4 rings (SSSR count). The van der Waals surface area contributed by atoms with E-state index in [9.17, 15) is 19.5 Å². The van der Waals surface area contributed by atoms with Gasteiger partial charge < -0.3 is 14.4 Å². The van der Waals surface area contributed by atoms with Gasteiger partial charge >= 0.3 is 11.9 Å². The van der Waals surface area contributed by atoms with Crippen molar-refractivity contribution >= 4 is 57.4 Å². The van der Waals surface area contributed by atoms with Crippen molar-refractivity contribution in [3.63, 3.8) is 0 Å². The van der Waals surface area contributed by atoms with Crippen molar-refractivity contribution in [3.05, 3.63) is 70.3 Å². The number of likely N-dealkylation sites (N-methyl/N-ethyl adjacent to an activating group) is 1. The van der Waals surface area contributed by atoms with E-state index in [1.165, 1.54) is 23.9 Å². The average Bonchev–Trinajstić information content (AvgIpc) is 3.27. The van der Waals surface area contributed by atoms with Gasteiger partial charge in [0.25, 0.3) is 5.91 Å². The average molecular weight is 492 g/mol. The third-order valence-corrected chi connectivity index (χ3v) is 6.68. The molecule has 1 aliphatic heterocycles. The van der Waals surface area contributed by atoms with Gasteiger partial charge in [-0.1, -0.05) is 24.3 Å². The van der Waals surface area contributed by atoms with Crippen LogP contribution in [0.1, 0.15) is 35.5 Å². The van der Waals surface area contributed by atoms with Gasteiger partial charge in [0.05, 0.1) is 22.8 Å². The summed E-state index contributed by atoms with van der Waals surface area (Å²) in [4.78, 5) is 43.4. The number of aromatic nitrogens is 1. The lowest BCUT2D eigenvalue weighted by molar-refractivity contribution is -0.143. The van der Waals surface area contributed by atoms with Gasteiger partial charge in [0.2, 0.25) is 0 Å². The molecule has 1 N–H and O–H groups in total. The standard InChI is InChI=1S/C26H25N3O5S/c1-4-28-24(31)22(35-26(28)27-18-10-8-9-17(13-18)25(32)33)14-20-16(3)29(15-23(30)34-5-2)21-12-7-6-11-19(20)21/h6-14H,4-5,15H2,1-3H3,(H,32,33)/b22-14+,27-26?. The van der Waals surface area contributed by atoms with Crippen molar-refractivity contribution in [3.8, 4) is 0 Å². The molecule has 0 saturated carbocycles. The number of hydrogen-bond donors (Lipinski definition) is 1. The molecule has 1 fully saturated rings. The number of para-hydroxylation sites is 1. The Balaban J connectivity index is 1.75. The van der Waals surface area contributed by atoms with Crippen LogP contribution in [0.15, 0.2) is 58.4 Å². The van der Waals surface area contributed by atoms with Crippen molar-refractivity contribution < 1.29 is 24.2 Å². The van der Waals surface area contributed by atoms with E-state index in [2.05, 4.69) is 4.99 Å². The van der Waals surface area contributed by atoms with Crippen molar-refractivity contribution in [1.29, 1.82) is 0 Å². The van der Waals surface area contributed by atoms with E-state index in [0.29, 0.717) is 28.9 Å². The summed E-state index contributed by atoms with van der Waals surface area (Å²) in [6.07, 6.45) is 1.84. The summed E-state index contributed by atoms with van der Waals surface area (Å²) in [7, 11) is 0. The molecule has 8 nitrogen and oxygen atoms in total. The first kappa shape index (κ1) is 24.3. The van der Waals surface area contributed by atoms with Gasteiger partial charge in [-0.15, -0.1) is 0 Å². The van der Waals surface area contributed by atoms with Crippen LogP contribution in [0.25, 0.3) is 17.0 Å². The number of carboxylic acid groups (broad SMARTS) is 1. The number of thioether (sulfide) groups is 1. The van der Waals surface area contributed by atoms with Gasteiger partial charge in [-0.2, -0.15) is 0 Å². The van der Waals surface area contributed by atoms with Gasteiger partial charge in [-0.3, -0.25) is 14.5 Å². The zero-order valence-electron chi connectivity index (χ0n) is 19.6. The molecule has 1 aliphatic rings. The van der Waals surface area contributed by atoms with Gasteiger partial charge in [0.15, 0.2) is 5.17 Å². The molecule has 2 heterocycles. The highest BCUT2D eigenvalue weighted by Crippen LogP contribution is 2.36. The molecule has 0 atom stereocenters. The topological polar surface area (TPSA) is 101 Å². The maximum atomic E-state index is 13.2. The van der Waals surface area contributed by atoms with Gasteiger partial charge in [-0.25, -0.2) is 9.79 Å². The van der Waals surface area contributed by atoms with Crippen LogP contribution in [0.5, 0.6) is 0 Å². The Morgan fingerprint density at radius 3 is 2.63 bits per heavy atom. The number of amidine groups is 1. The van der Waals surface area contributed by atoms with E-state index < -0.39 is 5.97 Å². The van der Waals surface area contributed by atoms with E-state index in [1.54, 1.807) is 24.0 Å². The number of benzene rings is 2. The first-order valence-electron chi connectivity index (χ1n) is 11.2. The highest BCUT2D eigenvalue weighted by Gasteiger charge is 2.33. The SMILES string of the molecule is CCOC(=O)Cn1c(C)c(/C=C2/SC(=Nc3cccc(C(=O)O)c3)N(CC)C2=O)c2ccccc21. The monoisotopic (exact) mass is 491 g/mol. The minimum Gasteiger partial charge on any atom is -0.478 e. The maximum Gasteiger partial charge on any atom is 0.335 e. The predicted octanol–water partition coefficient (Wildman–Crippen LogP) is 4.83.